The molecule has 1 amide bonds. The number of carbonyl (C=O) groups is 1. The lowest BCUT2D eigenvalue weighted by Crippen LogP contribution is -2.39. The molecule has 0 spiro atoms. The summed E-state index contributed by atoms with van der Waals surface area (Å²) >= 11 is 6.87. The van der Waals surface area contributed by atoms with Gasteiger partial charge in [0.15, 0.2) is 0 Å². The van der Waals surface area contributed by atoms with Gasteiger partial charge in [-0.25, -0.2) is 13.1 Å². The number of nitrogens with zero attached hydrogens (tertiary/aromatic N) is 4. The Balaban J connectivity index is 1.37. The van der Waals surface area contributed by atoms with Crippen molar-refractivity contribution in [1.29, 1.82) is 0 Å². The molecule has 2 saturated heterocycles. The predicted molar refractivity (Wildman–Crippen MR) is 176 cm³/mol. The van der Waals surface area contributed by atoms with Crippen molar-refractivity contribution in [2.24, 2.45) is 5.92 Å². The molecule has 1 unspecified atom stereocenters. The fraction of sp³-hybridized carbons (Fsp3) is 0.242. The molecule has 2 aliphatic rings. The smallest absolute Gasteiger partial charge is 0.266 e. The van der Waals surface area contributed by atoms with Crippen molar-refractivity contribution >= 4 is 50.3 Å². The maximum absolute atomic E-state index is 13.6. The topological polar surface area (TPSA) is 75.5 Å². The van der Waals surface area contributed by atoms with Gasteiger partial charge in [-0.3, -0.25) is 9.69 Å². The Labute approximate surface area is 262 Å². The van der Waals surface area contributed by atoms with Crippen molar-refractivity contribution in [2.45, 2.75) is 38.1 Å². The highest BCUT2D eigenvalue weighted by Crippen LogP contribution is 2.36. The van der Waals surface area contributed by atoms with Crippen LogP contribution in [0.15, 0.2) is 94.9 Å². The summed E-state index contributed by atoms with van der Waals surface area (Å²) in [5.41, 5.74) is 4.93. The molecule has 0 saturated carbocycles. The van der Waals surface area contributed by atoms with Crippen molar-refractivity contribution in [3.63, 3.8) is 0 Å². The molecular formula is C33H32N4O3S3. The van der Waals surface area contributed by atoms with Gasteiger partial charge in [0.1, 0.15) is 10.0 Å². The first-order valence-electron chi connectivity index (χ1n) is 14.3. The summed E-state index contributed by atoms with van der Waals surface area (Å²) in [5, 5.41) is 4.88. The Morgan fingerprint density at radius 1 is 1.05 bits per heavy atom. The van der Waals surface area contributed by atoms with Gasteiger partial charge in [-0.1, -0.05) is 91.1 Å². The van der Waals surface area contributed by atoms with Crippen LogP contribution in [0.4, 0.5) is 0 Å². The van der Waals surface area contributed by atoms with E-state index in [2.05, 4.69) is 6.92 Å². The van der Waals surface area contributed by atoms with E-state index < -0.39 is 10.0 Å². The van der Waals surface area contributed by atoms with Crippen LogP contribution in [0.2, 0.25) is 0 Å². The Hall–Kier alpha value is -3.57. The minimum absolute atomic E-state index is 0.162. The number of piperidine rings is 1. The van der Waals surface area contributed by atoms with Crippen LogP contribution in [0.5, 0.6) is 0 Å². The number of para-hydroxylation sites is 1. The number of hydrogen-bond acceptors (Lipinski definition) is 6. The van der Waals surface area contributed by atoms with E-state index in [9.17, 15) is 13.2 Å². The minimum Gasteiger partial charge on any atom is -0.288 e. The summed E-state index contributed by atoms with van der Waals surface area (Å²) in [6.07, 6.45) is 5.56. The number of hydrogen-bond donors (Lipinski definition) is 0. The van der Waals surface area contributed by atoms with Gasteiger partial charge in [0, 0.05) is 30.4 Å². The fourth-order valence-corrected chi connectivity index (χ4v) is 8.29. The van der Waals surface area contributed by atoms with Crippen LogP contribution in [0.3, 0.4) is 0 Å². The lowest BCUT2D eigenvalue weighted by atomic mass is 10.0. The normalized spacial score (nSPS) is 19.0. The third kappa shape index (κ3) is 6.24. The lowest BCUT2D eigenvalue weighted by molar-refractivity contribution is -0.122. The number of rotatable bonds is 7. The Morgan fingerprint density at radius 3 is 2.56 bits per heavy atom. The van der Waals surface area contributed by atoms with Gasteiger partial charge in [0.05, 0.1) is 22.0 Å². The SMILES string of the molecule is Cc1ccc(CN2C(=O)C(=Cc3cn(-c4ccccc4)nc3-c3cccc(S(=O)(=O)N4CCCC(C)C4)c3)SC2=S)cc1. The van der Waals surface area contributed by atoms with Crippen LogP contribution < -0.4 is 0 Å². The van der Waals surface area contributed by atoms with Gasteiger partial charge in [0.25, 0.3) is 5.91 Å². The van der Waals surface area contributed by atoms with Gasteiger partial charge in [-0.15, -0.1) is 0 Å². The summed E-state index contributed by atoms with van der Waals surface area (Å²) in [7, 11) is -3.66. The first-order valence-corrected chi connectivity index (χ1v) is 16.9. The number of amides is 1. The average molecular weight is 629 g/mol. The van der Waals surface area contributed by atoms with Crippen molar-refractivity contribution in [3.8, 4) is 16.9 Å². The zero-order valence-electron chi connectivity index (χ0n) is 24.0. The molecule has 0 aliphatic carbocycles. The molecule has 0 N–H and O–H groups in total. The molecule has 0 bridgehead atoms. The van der Waals surface area contributed by atoms with E-state index in [-0.39, 0.29) is 10.8 Å². The minimum atomic E-state index is -3.66. The first-order chi connectivity index (χ1) is 20.7. The second kappa shape index (κ2) is 12.2. The highest BCUT2D eigenvalue weighted by molar-refractivity contribution is 8.26. The van der Waals surface area contributed by atoms with Gasteiger partial charge in [0.2, 0.25) is 10.0 Å². The number of thiocarbonyl (C=S) groups is 1. The molecule has 10 heteroatoms. The van der Waals surface area contributed by atoms with E-state index in [0.29, 0.717) is 51.6 Å². The summed E-state index contributed by atoms with van der Waals surface area (Å²) in [6, 6.07) is 24.7. The quantitative estimate of drug-likeness (QED) is 0.168. The van der Waals surface area contributed by atoms with Crippen LogP contribution in [0.25, 0.3) is 23.0 Å². The van der Waals surface area contributed by atoms with Crippen LogP contribution >= 0.6 is 24.0 Å². The fourth-order valence-electron chi connectivity index (χ4n) is 5.40. The van der Waals surface area contributed by atoms with Gasteiger partial charge < -0.3 is 0 Å². The molecule has 6 rings (SSSR count). The molecule has 0 radical (unpaired) electrons. The number of sulfonamides is 1. The monoisotopic (exact) mass is 628 g/mol. The van der Waals surface area contributed by atoms with Crippen molar-refractivity contribution < 1.29 is 13.2 Å². The maximum Gasteiger partial charge on any atom is 0.266 e. The molecule has 2 aliphatic heterocycles. The molecule has 2 fully saturated rings. The van der Waals surface area contributed by atoms with E-state index in [0.717, 1.165) is 29.7 Å². The number of thioether (sulfide) groups is 1. The maximum atomic E-state index is 13.6. The van der Waals surface area contributed by atoms with E-state index >= 15 is 0 Å². The zero-order chi connectivity index (χ0) is 30.1. The van der Waals surface area contributed by atoms with Crippen molar-refractivity contribution in [2.75, 3.05) is 13.1 Å². The summed E-state index contributed by atoms with van der Waals surface area (Å²) < 4.78 is 31.1. The summed E-state index contributed by atoms with van der Waals surface area (Å²) in [6.45, 7) is 5.55. The van der Waals surface area contributed by atoms with Gasteiger partial charge in [-0.05, 0) is 61.6 Å². The third-order valence-corrected chi connectivity index (χ3v) is 11.0. The van der Waals surface area contributed by atoms with Crippen LogP contribution in [-0.2, 0) is 21.4 Å². The first kappa shape index (κ1) is 29.5. The Kier molecular flexibility index (Phi) is 8.37. The van der Waals surface area contributed by atoms with E-state index in [1.54, 1.807) is 32.1 Å². The third-order valence-electron chi connectivity index (χ3n) is 7.75. The molecule has 3 heterocycles. The van der Waals surface area contributed by atoms with Crippen LogP contribution in [0.1, 0.15) is 36.5 Å². The number of aromatic nitrogens is 2. The van der Waals surface area contributed by atoms with Crippen LogP contribution in [-0.4, -0.2) is 50.7 Å². The molecular weight excluding hydrogens is 597 g/mol. The Bertz CT molecular complexity index is 1820. The highest BCUT2D eigenvalue weighted by atomic mass is 32.2. The number of aryl methyl sites for hydroxylation is 1. The standard InChI is InChI=1S/C33H32N4O3S3/c1-23-13-15-25(16-14-23)21-36-32(38)30(42-33(36)41)19-27-22-37(28-10-4-3-5-11-28)34-31(27)26-9-6-12-29(18-26)43(39,40)35-17-7-8-24(2)20-35/h3-6,9-16,18-19,22,24H,7-8,17,20-21H2,1-2H3. The molecule has 1 aromatic heterocycles. The Morgan fingerprint density at radius 2 is 1.81 bits per heavy atom. The summed E-state index contributed by atoms with van der Waals surface area (Å²) in [5.74, 6) is 0.161. The highest BCUT2D eigenvalue weighted by Gasteiger charge is 2.33. The van der Waals surface area contributed by atoms with Crippen LogP contribution in [0, 0.1) is 12.8 Å². The molecule has 220 valence electrons. The summed E-state index contributed by atoms with van der Waals surface area (Å²) in [4.78, 5) is 15.9. The van der Waals surface area contributed by atoms with Crippen molar-refractivity contribution in [1.82, 2.24) is 19.0 Å². The average Bonchev–Trinajstić information content (AvgIpc) is 3.55. The molecule has 1 atom stereocenters. The van der Waals surface area contributed by atoms with E-state index in [1.807, 2.05) is 79.9 Å². The number of carbonyl (C=O) groups excluding carboxylic acids is 1. The lowest BCUT2D eigenvalue weighted by Gasteiger charge is -2.30. The van der Waals surface area contributed by atoms with E-state index in [1.165, 1.54) is 11.8 Å². The second-order valence-corrected chi connectivity index (χ2v) is 14.7. The zero-order valence-corrected chi connectivity index (χ0v) is 26.5. The van der Waals surface area contributed by atoms with Gasteiger partial charge >= 0.3 is 0 Å². The van der Waals surface area contributed by atoms with E-state index in [4.69, 9.17) is 17.3 Å². The largest absolute Gasteiger partial charge is 0.288 e. The molecule has 4 aromatic rings. The second-order valence-electron chi connectivity index (χ2n) is 11.1. The number of benzene rings is 3. The van der Waals surface area contributed by atoms with Crippen molar-refractivity contribution in [3.05, 3.63) is 107 Å². The molecule has 7 nitrogen and oxygen atoms in total. The van der Waals surface area contributed by atoms with Gasteiger partial charge in [-0.2, -0.15) is 9.40 Å². The predicted octanol–water partition coefficient (Wildman–Crippen LogP) is 6.67. The molecule has 3 aromatic carbocycles. The molecule has 43 heavy (non-hydrogen) atoms.